The summed E-state index contributed by atoms with van der Waals surface area (Å²) in [5, 5.41) is 11.8. The predicted octanol–water partition coefficient (Wildman–Crippen LogP) is 1.24. The van der Waals surface area contributed by atoms with Crippen molar-refractivity contribution in [1.82, 2.24) is 20.9 Å². The summed E-state index contributed by atoms with van der Waals surface area (Å²) in [6, 6.07) is 6.76. The summed E-state index contributed by atoms with van der Waals surface area (Å²) in [4.78, 5) is 26.7. The third kappa shape index (κ3) is 6.72. The molecule has 1 aliphatic heterocycles. The Labute approximate surface area is 149 Å². The molecule has 0 bridgehead atoms. The SMILES string of the molecule is CC(C)NC(=O)Nc1ccccc1C(=O)NCCCN1CCNCC1. The van der Waals surface area contributed by atoms with Gasteiger partial charge in [-0.3, -0.25) is 4.79 Å². The smallest absolute Gasteiger partial charge is 0.319 e. The molecule has 1 aromatic carbocycles. The highest BCUT2D eigenvalue weighted by Crippen LogP contribution is 2.14. The van der Waals surface area contributed by atoms with Crippen molar-refractivity contribution in [3.63, 3.8) is 0 Å². The Kier molecular flexibility index (Phi) is 7.69. The minimum atomic E-state index is -0.311. The van der Waals surface area contributed by atoms with Gasteiger partial charge in [-0.05, 0) is 38.9 Å². The van der Waals surface area contributed by atoms with Crippen molar-refractivity contribution in [3.8, 4) is 0 Å². The highest BCUT2D eigenvalue weighted by atomic mass is 16.2. The number of nitrogens with zero attached hydrogens (tertiary/aromatic N) is 1. The number of amides is 3. The van der Waals surface area contributed by atoms with Gasteiger partial charge in [-0.1, -0.05) is 12.1 Å². The number of benzene rings is 1. The number of nitrogens with one attached hydrogen (secondary N) is 4. The first-order valence-corrected chi connectivity index (χ1v) is 8.94. The van der Waals surface area contributed by atoms with Gasteiger partial charge in [0.2, 0.25) is 0 Å². The van der Waals surface area contributed by atoms with Crippen LogP contribution in [0, 0.1) is 0 Å². The third-order valence-corrected chi connectivity index (χ3v) is 3.99. The number of urea groups is 1. The summed E-state index contributed by atoms with van der Waals surface area (Å²) in [6.45, 7) is 9.56. The average Bonchev–Trinajstić information content (AvgIpc) is 2.59. The lowest BCUT2D eigenvalue weighted by atomic mass is 10.1. The fourth-order valence-corrected chi connectivity index (χ4v) is 2.75. The Morgan fingerprint density at radius 2 is 1.92 bits per heavy atom. The van der Waals surface area contributed by atoms with Crippen LogP contribution in [0.5, 0.6) is 0 Å². The van der Waals surface area contributed by atoms with Gasteiger partial charge in [-0.2, -0.15) is 0 Å². The maximum atomic E-state index is 12.4. The Balaban J connectivity index is 1.81. The van der Waals surface area contributed by atoms with E-state index in [9.17, 15) is 9.59 Å². The molecule has 0 atom stereocenters. The number of rotatable bonds is 7. The molecular formula is C18H29N5O2. The number of hydrogen-bond donors (Lipinski definition) is 4. The maximum absolute atomic E-state index is 12.4. The fraction of sp³-hybridized carbons (Fsp3) is 0.556. The molecule has 1 fully saturated rings. The zero-order valence-electron chi connectivity index (χ0n) is 15.1. The van der Waals surface area contributed by atoms with Gasteiger partial charge in [0.25, 0.3) is 5.91 Å². The van der Waals surface area contributed by atoms with Gasteiger partial charge in [0.1, 0.15) is 0 Å². The molecule has 1 aromatic rings. The molecule has 7 heteroatoms. The minimum Gasteiger partial charge on any atom is -0.352 e. The summed E-state index contributed by atoms with van der Waals surface area (Å²) in [5.41, 5.74) is 0.990. The Hall–Kier alpha value is -2.12. The molecule has 1 saturated heterocycles. The average molecular weight is 347 g/mol. The number of piperazine rings is 1. The lowest BCUT2D eigenvalue weighted by Crippen LogP contribution is -2.44. The van der Waals surface area contributed by atoms with Crippen LogP contribution in [-0.4, -0.2) is 62.1 Å². The van der Waals surface area contributed by atoms with E-state index < -0.39 is 0 Å². The quantitative estimate of drug-likeness (QED) is 0.559. The number of carbonyl (C=O) groups is 2. The van der Waals surface area contributed by atoms with Crippen LogP contribution in [0.2, 0.25) is 0 Å². The number of carbonyl (C=O) groups excluding carboxylic acids is 2. The van der Waals surface area contributed by atoms with Gasteiger partial charge in [-0.15, -0.1) is 0 Å². The van der Waals surface area contributed by atoms with E-state index in [0.29, 0.717) is 17.8 Å². The van der Waals surface area contributed by atoms with Crippen LogP contribution in [0.3, 0.4) is 0 Å². The van der Waals surface area contributed by atoms with Crippen LogP contribution in [0.4, 0.5) is 10.5 Å². The minimum absolute atomic E-state index is 0.0333. The fourth-order valence-electron chi connectivity index (χ4n) is 2.75. The zero-order valence-corrected chi connectivity index (χ0v) is 15.1. The second kappa shape index (κ2) is 10.0. The van der Waals surface area contributed by atoms with Crippen LogP contribution in [0.25, 0.3) is 0 Å². The van der Waals surface area contributed by atoms with Gasteiger partial charge >= 0.3 is 6.03 Å². The summed E-state index contributed by atoms with van der Waals surface area (Å²) in [5.74, 6) is -0.166. The number of anilines is 1. The van der Waals surface area contributed by atoms with Gasteiger partial charge < -0.3 is 26.2 Å². The zero-order chi connectivity index (χ0) is 18.1. The molecule has 0 saturated carbocycles. The van der Waals surface area contributed by atoms with E-state index in [2.05, 4.69) is 26.2 Å². The normalized spacial score (nSPS) is 15.0. The Bertz CT molecular complexity index is 570. The van der Waals surface area contributed by atoms with Crippen molar-refractivity contribution >= 4 is 17.6 Å². The molecule has 7 nitrogen and oxygen atoms in total. The molecule has 0 radical (unpaired) electrons. The van der Waals surface area contributed by atoms with E-state index in [1.807, 2.05) is 13.8 Å². The van der Waals surface area contributed by atoms with E-state index in [4.69, 9.17) is 0 Å². The Morgan fingerprint density at radius 1 is 1.20 bits per heavy atom. The third-order valence-electron chi connectivity index (χ3n) is 3.99. The molecule has 0 aliphatic carbocycles. The molecule has 138 valence electrons. The van der Waals surface area contributed by atoms with Crippen LogP contribution in [0.1, 0.15) is 30.6 Å². The summed E-state index contributed by atoms with van der Waals surface area (Å²) in [7, 11) is 0. The van der Waals surface area contributed by atoms with Crippen molar-refractivity contribution < 1.29 is 9.59 Å². The van der Waals surface area contributed by atoms with Crippen LogP contribution >= 0.6 is 0 Å². The van der Waals surface area contributed by atoms with Crippen LogP contribution < -0.4 is 21.3 Å². The van der Waals surface area contributed by atoms with Crippen LogP contribution in [0.15, 0.2) is 24.3 Å². The molecule has 2 rings (SSSR count). The largest absolute Gasteiger partial charge is 0.352 e. The van der Waals surface area contributed by atoms with Crippen LogP contribution in [-0.2, 0) is 0 Å². The first-order valence-electron chi connectivity index (χ1n) is 8.94. The molecular weight excluding hydrogens is 318 g/mol. The lowest BCUT2D eigenvalue weighted by Gasteiger charge is -2.27. The number of hydrogen-bond acceptors (Lipinski definition) is 4. The van der Waals surface area contributed by atoms with Gasteiger partial charge in [0.15, 0.2) is 0 Å². The van der Waals surface area contributed by atoms with E-state index in [0.717, 1.165) is 39.1 Å². The summed E-state index contributed by atoms with van der Waals surface area (Å²) < 4.78 is 0. The molecule has 1 heterocycles. The maximum Gasteiger partial charge on any atom is 0.319 e. The van der Waals surface area contributed by atoms with Crippen molar-refractivity contribution in [2.75, 3.05) is 44.6 Å². The standard InChI is InChI=1S/C18H29N5O2/c1-14(2)21-18(25)22-16-7-4-3-6-15(16)17(24)20-8-5-11-23-12-9-19-10-13-23/h3-4,6-7,14,19H,5,8-13H2,1-2H3,(H,20,24)(H2,21,22,25). The Morgan fingerprint density at radius 3 is 2.64 bits per heavy atom. The van der Waals surface area contributed by atoms with E-state index >= 15 is 0 Å². The molecule has 1 aliphatic rings. The topological polar surface area (TPSA) is 85.5 Å². The van der Waals surface area contributed by atoms with Gasteiger partial charge in [-0.25, -0.2) is 4.79 Å². The van der Waals surface area contributed by atoms with Gasteiger partial charge in [0.05, 0.1) is 11.3 Å². The predicted molar refractivity (Wildman–Crippen MR) is 100.0 cm³/mol. The molecule has 0 aromatic heterocycles. The van der Waals surface area contributed by atoms with Crippen molar-refractivity contribution in [3.05, 3.63) is 29.8 Å². The highest BCUT2D eigenvalue weighted by Gasteiger charge is 2.13. The van der Waals surface area contributed by atoms with Gasteiger partial charge in [0, 0.05) is 38.8 Å². The summed E-state index contributed by atoms with van der Waals surface area (Å²) >= 11 is 0. The van der Waals surface area contributed by atoms with E-state index in [1.165, 1.54) is 0 Å². The molecule has 25 heavy (non-hydrogen) atoms. The lowest BCUT2D eigenvalue weighted by molar-refractivity contribution is 0.0952. The first-order chi connectivity index (χ1) is 12.1. The molecule has 4 N–H and O–H groups in total. The van der Waals surface area contributed by atoms with Crippen molar-refractivity contribution in [1.29, 1.82) is 0 Å². The molecule has 0 spiro atoms. The monoisotopic (exact) mass is 347 g/mol. The molecule has 3 amide bonds. The summed E-state index contributed by atoms with van der Waals surface area (Å²) in [6.07, 6.45) is 0.912. The first kappa shape index (κ1) is 19.2. The second-order valence-corrected chi connectivity index (χ2v) is 6.50. The van der Waals surface area contributed by atoms with Crippen molar-refractivity contribution in [2.24, 2.45) is 0 Å². The molecule has 0 unspecified atom stereocenters. The second-order valence-electron chi connectivity index (χ2n) is 6.50. The van der Waals surface area contributed by atoms with E-state index in [1.54, 1.807) is 24.3 Å². The highest BCUT2D eigenvalue weighted by molar-refractivity contribution is 6.03. The number of para-hydroxylation sites is 1. The van der Waals surface area contributed by atoms with Crippen molar-refractivity contribution in [2.45, 2.75) is 26.3 Å². The van der Waals surface area contributed by atoms with E-state index in [-0.39, 0.29) is 18.0 Å².